The highest BCUT2D eigenvalue weighted by molar-refractivity contribution is 5.79. The second-order valence-electron chi connectivity index (χ2n) is 6.78. The molecule has 0 amide bonds. The van der Waals surface area contributed by atoms with Crippen LogP contribution in [0.5, 0.6) is 5.75 Å². The third-order valence-corrected chi connectivity index (χ3v) is 4.82. The second-order valence-corrected chi connectivity index (χ2v) is 6.78. The molecule has 1 aromatic carbocycles. The number of aromatic nitrogens is 2. The minimum absolute atomic E-state index is 0.653. The van der Waals surface area contributed by atoms with E-state index in [0.717, 1.165) is 42.6 Å². The van der Waals surface area contributed by atoms with Gasteiger partial charge in [-0.15, -0.1) is 0 Å². The molecule has 0 aliphatic rings. The largest absolute Gasteiger partial charge is 0.496 e. The Balaban J connectivity index is 1.90. The normalized spacial score (nSPS) is 11.6. The summed E-state index contributed by atoms with van der Waals surface area (Å²) in [5, 5.41) is 11.4. The minimum atomic E-state index is 0.653. The van der Waals surface area contributed by atoms with Crippen molar-refractivity contribution in [1.29, 1.82) is 0 Å². The lowest BCUT2D eigenvalue weighted by molar-refractivity contribution is 0.182. The maximum Gasteiger partial charge on any atom is 0.191 e. The number of hydrogen-bond donors (Lipinski definition) is 2. The molecule has 0 atom stereocenters. The topological polar surface area (TPSA) is 72.7 Å². The van der Waals surface area contributed by atoms with Gasteiger partial charge in [0.05, 0.1) is 26.0 Å². The Hall–Kier alpha value is -2.54. The number of aryl methyl sites for hydroxylation is 2. The fraction of sp³-hybridized carbons (Fsp3) is 0.524. The summed E-state index contributed by atoms with van der Waals surface area (Å²) in [4.78, 5) is 4.33. The van der Waals surface area contributed by atoms with Crippen LogP contribution < -0.4 is 15.4 Å². The van der Waals surface area contributed by atoms with Gasteiger partial charge in [0.25, 0.3) is 0 Å². The SMILES string of the molecule is CN=C(NCCc1cc(C)ccc1OC)NCc1c(C)nn(CCOC)c1C. The van der Waals surface area contributed by atoms with Gasteiger partial charge in [-0.3, -0.25) is 9.67 Å². The van der Waals surface area contributed by atoms with Crippen LogP contribution in [0.2, 0.25) is 0 Å². The Bertz CT molecular complexity index is 798. The molecule has 0 aliphatic carbocycles. The van der Waals surface area contributed by atoms with Crippen molar-refractivity contribution in [2.45, 2.75) is 40.3 Å². The van der Waals surface area contributed by atoms with Gasteiger partial charge in [-0.1, -0.05) is 17.7 Å². The van der Waals surface area contributed by atoms with Crippen molar-refractivity contribution >= 4 is 5.96 Å². The number of ether oxygens (including phenoxy) is 2. The number of rotatable bonds is 9. The van der Waals surface area contributed by atoms with Crippen LogP contribution >= 0.6 is 0 Å². The summed E-state index contributed by atoms with van der Waals surface area (Å²) in [6.45, 7) is 9.08. The number of benzene rings is 1. The predicted molar refractivity (Wildman–Crippen MR) is 113 cm³/mol. The summed E-state index contributed by atoms with van der Waals surface area (Å²) in [6.07, 6.45) is 0.860. The molecule has 0 aliphatic heterocycles. The summed E-state index contributed by atoms with van der Waals surface area (Å²) >= 11 is 0. The molecule has 0 saturated heterocycles. The van der Waals surface area contributed by atoms with Crippen LogP contribution in [0.1, 0.15) is 28.1 Å². The molecule has 2 N–H and O–H groups in total. The van der Waals surface area contributed by atoms with Gasteiger partial charge in [0.1, 0.15) is 5.75 Å². The van der Waals surface area contributed by atoms with E-state index in [2.05, 4.69) is 46.7 Å². The van der Waals surface area contributed by atoms with E-state index in [-0.39, 0.29) is 0 Å². The van der Waals surface area contributed by atoms with E-state index >= 15 is 0 Å². The van der Waals surface area contributed by atoms with Crippen LogP contribution in [0.4, 0.5) is 0 Å². The molecule has 0 spiro atoms. The average molecular weight is 388 g/mol. The molecule has 1 aromatic heterocycles. The fourth-order valence-corrected chi connectivity index (χ4v) is 3.20. The van der Waals surface area contributed by atoms with E-state index in [0.29, 0.717) is 13.2 Å². The Kier molecular flexibility index (Phi) is 8.32. The Morgan fingerprint density at radius 2 is 1.96 bits per heavy atom. The van der Waals surface area contributed by atoms with E-state index in [9.17, 15) is 0 Å². The molecular formula is C21H33N5O2. The smallest absolute Gasteiger partial charge is 0.191 e. The van der Waals surface area contributed by atoms with E-state index in [1.807, 2.05) is 17.7 Å². The molecular weight excluding hydrogens is 354 g/mol. The van der Waals surface area contributed by atoms with Crippen LogP contribution in [-0.2, 0) is 24.2 Å². The van der Waals surface area contributed by atoms with Crippen molar-refractivity contribution in [3.05, 3.63) is 46.3 Å². The van der Waals surface area contributed by atoms with E-state index < -0.39 is 0 Å². The molecule has 0 unspecified atom stereocenters. The summed E-state index contributed by atoms with van der Waals surface area (Å²) in [6, 6.07) is 6.25. The number of hydrogen-bond acceptors (Lipinski definition) is 4. The monoisotopic (exact) mass is 387 g/mol. The quantitative estimate of drug-likeness (QED) is 0.511. The molecule has 0 saturated carbocycles. The third-order valence-electron chi connectivity index (χ3n) is 4.82. The zero-order valence-corrected chi connectivity index (χ0v) is 17.9. The Labute approximate surface area is 168 Å². The zero-order chi connectivity index (χ0) is 20.5. The maximum absolute atomic E-state index is 5.45. The third kappa shape index (κ3) is 5.73. The lowest BCUT2D eigenvalue weighted by Gasteiger charge is -2.14. The van der Waals surface area contributed by atoms with Crippen LogP contribution in [0.25, 0.3) is 0 Å². The van der Waals surface area contributed by atoms with Crippen LogP contribution in [-0.4, -0.2) is 50.2 Å². The predicted octanol–water partition coefficient (Wildman–Crippen LogP) is 2.37. The number of guanidine groups is 1. The van der Waals surface area contributed by atoms with Crippen molar-refractivity contribution in [2.24, 2.45) is 4.99 Å². The van der Waals surface area contributed by atoms with E-state index in [1.165, 1.54) is 16.7 Å². The summed E-state index contributed by atoms with van der Waals surface area (Å²) < 4.78 is 12.6. The second kappa shape index (κ2) is 10.7. The molecule has 2 rings (SSSR count). The first-order valence-corrected chi connectivity index (χ1v) is 9.60. The lowest BCUT2D eigenvalue weighted by atomic mass is 10.1. The van der Waals surface area contributed by atoms with Gasteiger partial charge in [-0.05, 0) is 38.8 Å². The molecule has 1 heterocycles. The molecule has 0 radical (unpaired) electrons. The van der Waals surface area contributed by atoms with Crippen molar-refractivity contribution in [2.75, 3.05) is 34.4 Å². The van der Waals surface area contributed by atoms with Gasteiger partial charge in [0.2, 0.25) is 0 Å². The van der Waals surface area contributed by atoms with Crippen LogP contribution in [0, 0.1) is 20.8 Å². The zero-order valence-electron chi connectivity index (χ0n) is 17.9. The summed E-state index contributed by atoms with van der Waals surface area (Å²) in [5.74, 6) is 1.69. The van der Waals surface area contributed by atoms with E-state index in [4.69, 9.17) is 9.47 Å². The van der Waals surface area contributed by atoms with Gasteiger partial charge in [-0.25, -0.2) is 0 Å². The first-order chi connectivity index (χ1) is 13.5. The van der Waals surface area contributed by atoms with E-state index in [1.54, 1.807) is 21.3 Å². The number of methoxy groups -OCH3 is 2. The Morgan fingerprint density at radius 1 is 1.18 bits per heavy atom. The number of nitrogens with zero attached hydrogens (tertiary/aromatic N) is 3. The summed E-state index contributed by atoms with van der Waals surface area (Å²) in [5.41, 5.74) is 5.80. The number of nitrogens with one attached hydrogen (secondary N) is 2. The van der Waals surface area contributed by atoms with Crippen molar-refractivity contribution in [3.63, 3.8) is 0 Å². The fourth-order valence-electron chi connectivity index (χ4n) is 3.20. The Morgan fingerprint density at radius 3 is 2.64 bits per heavy atom. The van der Waals surface area contributed by atoms with Gasteiger partial charge < -0.3 is 20.1 Å². The standard InChI is InChI=1S/C21H33N5O2/c1-15-7-8-20(28-6)18(13-15)9-10-23-21(22-4)24-14-19-16(2)25-26(17(19)3)11-12-27-5/h7-8,13H,9-12,14H2,1-6H3,(H2,22,23,24). The molecule has 28 heavy (non-hydrogen) atoms. The van der Waals surface area contributed by atoms with Crippen LogP contribution in [0.15, 0.2) is 23.2 Å². The minimum Gasteiger partial charge on any atom is -0.496 e. The average Bonchev–Trinajstić information content (AvgIpc) is 2.96. The molecule has 7 heteroatoms. The lowest BCUT2D eigenvalue weighted by Crippen LogP contribution is -2.38. The van der Waals surface area contributed by atoms with Gasteiger partial charge in [0, 0.05) is 38.5 Å². The summed E-state index contributed by atoms with van der Waals surface area (Å²) in [7, 11) is 5.19. The molecule has 0 bridgehead atoms. The highest BCUT2D eigenvalue weighted by atomic mass is 16.5. The van der Waals surface area contributed by atoms with Crippen LogP contribution in [0.3, 0.4) is 0 Å². The highest BCUT2D eigenvalue weighted by Gasteiger charge is 2.12. The van der Waals surface area contributed by atoms with Crippen molar-refractivity contribution in [3.8, 4) is 5.75 Å². The maximum atomic E-state index is 5.45. The first-order valence-electron chi connectivity index (χ1n) is 9.60. The van der Waals surface area contributed by atoms with Gasteiger partial charge in [-0.2, -0.15) is 5.10 Å². The van der Waals surface area contributed by atoms with Crippen molar-refractivity contribution in [1.82, 2.24) is 20.4 Å². The molecule has 0 fully saturated rings. The molecule has 2 aromatic rings. The molecule has 7 nitrogen and oxygen atoms in total. The number of aliphatic imine (C=N–C) groups is 1. The highest BCUT2D eigenvalue weighted by Crippen LogP contribution is 2.19. The van der Waals surface area contributed by atoms with Crippen molar-refractivity contribution < 1.29 is 9.47 Å². The first kappa shape index (κ1) is 21.8. The van der Waals surface area contributed by atoms with Gasteiger partial charge in [0.15, 0.2) is 5.96 Å². The molecule has 154 valence electrons. The van der Waals surface area contributed by atoms with Gasteiger partial charge >= 0.3 is 0 Å².